The summed E-state index contributed by atoms with van der Waals surface area (Å²) in [4.78, 5) is 24.1. The summed E-state index contributed by atoms with van der Waals surface area (Å²) in [5.74, 6) is -1.61. The van der Waals surface area contributed by atoms with Gasteiger partial charge < -0.3 is 26.0 Å². The number of hydrogen-bond acceptors (Lipinski definition) is 9. The first-order valence-corrected chi connectivity index (χ1v) is 13.8. The number of fused-ring (bicyclic) bond motifs is 1. The standard InChI is InChI=1S/C29H28ClF2N9O/c1-16(42)19-4-6-24(39-26(19)30)29(34)7-2-8-40(13-29)23-11-35-22(17-3-5-20(31)21(32)9-17)10-18(23)12-41-15-38-25-27(33)36-14-37-28(25)41/h3-6,9-11,14-16,42H,2,7-8,12-13,34H2,1H3,(H2,33,36,37)/t16?,29-/m1/s1. The zero-order chi connectivity index (χ0) is 29.6. The minimum atomic E-state index is -0.954. The lowest BCUT2D eigenvalue weighted by molar-refractivity contribution is 0.198. The van der Waals surface area contributed by atoms with Gasteiger partial charge in [-0.3, -0.25) is 4.98 Å². The lowest BCUT2D eigenvalue weighted by Crippen LogP contribution is -2.52. The maximum Gasteiger partial charge on any atom is 0.165 e. The van der Waals surface area contributed by atoms with Crippen molar-refractivity contribution in [2.45, 2.75) is 38.0 Å². The Balaban J connectivity index is 1.40. The van der Waals surface area contributed by atoms with Crippen LogP contribution in [0.4, 0.5) is 20.3 Å². The number of aromatic nitrogens is 6. The number of hydrogen-bond donors (Lipinski definition) is 3. The third kappa shape index (κ3) is 5.13. The largest absolute Gasteiger partial charge is 0.389 e. The number of aliphatic hydroxyl groups is 1. The second-order valence-corrected chi connectivity index (χ2v) is 10.9. The molecule has 0 amide bonds. The molecule has 4 aromatic heterocycles. The van der Waals surface area contributed by atoms with E-state index < -0.39 is 23.3 Å². The van der Waals surface area contributed by atoms with E-state index in [0.717, 1.165) is 29.8 Å². The highest BCUT2D eigenvalue weighted by molar-refractivity contribution is 6.30. The van der Waals surface area contributed by atoms with Crippen molar-refractivity contribution in [3.63, 3.8) is 0 Å². The average Bonchev–Trinajstić information content (AvgIpc) is 3.38. The normalized spacial score (nSPS) is 18.0. The first-order chi connectivity index (χ1) is 20.1. The van der Waals surface area contributed by atoms with Crippen LogP contribution in [0.5, 0.6) is 0 Å². The summed E-state index contributed by atoms with van der Waals surface area (Å²) in [5, 5.41) is 10.2. The quantitative estimate of drug-likeness (QED) is 0.245. The number of anilines is 2. The van der Waals surface area contributed by atoms with Gasteiger partial charge in [-0.05, 0) is 55.7 Å². The van der Waals surface area contributed by atoms with Gasteiger partial charge in [0.2, 0.25) is 0 Å². The van der Waals surface area contributed by atoms with Crippen LogP contribution in [0.3, 0.4) is 0 Å². The highest BCUT2D eigenvalue weighted by Crippen LogP contribution is 2.35. The molecule has 1 saturated heterocycles. The molecule has 1 aromatic carbocycles. The van der Waals surface area contributed by atoms with Gasteiger partial charge in [-0.25, -0.2) is 28.7 Å². The summed E-state index contributed by atoms with van der Waals surface area (Å²) in [6.45, 7) is 3.09. The Kier molecular flexibility index (Phi) is 7.21. The lowest BCUT2D eigenvalue weighted by atomic mass is 9.85. The average molecular weight is 592 g/mol. The molecule has 1 aliphatic rings. The maximum atomic E-state index is 14.1. The van der Waals surface area contributed by atoms with Crippen LogP contribution >= 0.6 is 11.6 Å². The van der Waals surface area contributed by atoms with E-state index in [2.05, 4.69) is 29.8 Å². The van der Waals surface area contributed by atoms with Gasteiger partial charge in [-0.15, -0.1) is 0 Å². The second kappa shape index (κ2) is 10.9. The molecule has 6 rings (SSSR count). The summed E-state index contributed by atoms with van der Waals surface area (Å²) >= 11 is 6.39. The van der Waals surface area contributed by atoms with Crippen molar-refractivity contribution in [1.82, 2.24) is 29.5 Å². The molecule has 2 atom stereocenters. The number of imidazole rings is 1. The van der Waals surface area contributed by atoms with Crippen LogP contribution in [0, 0.1) is 11.6 Å². The summed E-state index contributed by atoms with van der Waals surface area (Å²) in [6, 6.07) is 9.10. The van der Waals surface area contributed by atoms with E-state index in [9.17, 15) is 13.9 Å². The number of aliphatic hydroxyl groups excluding tert-OH is 1. The monoisotopic (exact) mass is 591 g/mol. The van der Waals surface area contributed by atoms with E-state index in [1.807, 2.05) is 16.7 Å². The summed E-state index contributed by atoms with van der Waals surface area (Å²) in [6.07, 6.45) is 5.43. The van der Waals surface area contributed by atoms with Crippen molar-refractivity contribution in [1.29, 1.82) is 0 Å². The number of benzene rings is 1. The predicted molar refractivity (Wildman–Crippen MR) is 156 cm³/mol. The minimum absolute atomic E-state index is 0.218. The fourth-order valence-electron chi connectivity index (χ4n) is 5.45. The van der Waals surface area contributed by atoms with Gasteiger partial charge in [0.1, 0.15) is 17.0 Å². The molecule has 13 heteroatoms. The number of nitrogen functional groups attached to an aromatic ring is 1. The maximum absolute atomic E-state index is 14.1. The van der Waals surface area contributed by atoms with E-state index in [-0.39, 0.29) is 11.0 Å². The van der Waals surface area contributed by atoms with Gasteiger partial charge in [0, 0.05) is 24.2 Å². The molecule has 0 saturated carbocycles. The Morgan fingerprint density at radius 2 is 1.93 bits per heavy atom. The molecule has 5 N–H and O–H groups in total. The smallest absolute Gasteiger partial charge is 0.165 e. The molecule has 1 fully saturated rings. The van der Waals surface area contributed by atoms with Crippen molar-refractivity contribution in [2.75, 3.05) is 23.7 Å². The van der Waals surface area contributed by atoms with Crippen LogP contribution in [0.1, 0.15) is 42.7 Å². The SMILES string of the molecule is CC(O)c1ccc([C@@]2(N)CCCN(c3cnc(-c4ccc(F)c(F)c4)cc3Cn3cnc4c(N)ncnc43)C2)nc1Cl. The van der Waals surface area contributed by atoms with Crippen LogP contribution < -0.4 is 16.4 Å². The molecule has 5 aromatic rings. The molecule has 0 bridgehead atoms. The van der Waals surface area contributed by atoms with Gasteiger partial charge in [-0.2, -0.15) is 0 Å². The van der Waals surface area contributed by atoms with E-state index in [1.165, 1.54) is 12.4 Å². The van der Waals surface area contributed by atoms with Crippen LogP contribution in [-0.4, -0.2) is 47.7 Å². The molecular weight excluding hydrogens is 564 g/mol. The minimum Gasteiger partial charge on any atom is -0.389 e. The molecule has 0 radical (unpaired) electrons. The van der Waals surface area contributed by atoms with E-state index in [4.69, 9.17) is 23.1 Å². The Bertz CT molecular complexity index is 1800. The zero-order valence-corrected chi connectivity index (χ0v) is 23.4. The molecular formula is C29H28ClF2N9O. The zero-order valence-electron chi connectivity index (χ0n) is 22.7. The Labute approximate surface area is 245 Å². The van der Waals surface area contributed by atoms with Gasteiger partial charge in [-0.1, -0.05) is 17.7 Å². The second-order valence-electron chi connectivity index (χ2n) is 10.6. The van der Waals surface area contributed by atoms with Crippen molar-refractivity contribution in [2.24, 2.45) is 5.73 Å². The highest BCUT2D eigenvalue weighted by atomic mass is 35.5. The van der Waals surface area contributed by atoms with Gasteiger partial charge in [0.25, 0.3) is 0 Å². The number of nitrogens with two attached hydrogens (primary N) is 2. The number of halogens is 3. The lowest BCUT2D eigenvalue weighted by Gasteiger charge is -2.41. The third-order valence-electron chi connectivity index (χ3n) is 7.65. The molecule has 0 aliphatic carbocycles. The van der Waals surface area contributed by atoms with Gasteiger partial charge in [0.05, 0.1) is 47.8 Å². The van der Waals surface area contributed by atoms with Crippen LogP contribution in [-0.2, 0) is 12.1 Å². The Morgan fingerprint density at radius 3 is 2.69 bits per heavy atom. The van der Waals surface area contributed by atoms with Crippen molar-refractivity contribution in [3.8, 4) is 11.3 Å². The molecule has 0 spiro atoms. The van der Waals surface area contributed by atoms with Crippen LogP contribution in [0.2, 0.25) is 5.15 Å². The van der Waals surface area contributed by atoms with Crippen molar-refractivity contribution >= 4 is 34.3 Å². The summed E-state index contributed by atoms with van der Waals surface area (Å²) < 4.78 is 29.6. The Morgan fingerprint density at radius 1 is 1.10 bits per heavy atom. The van der Waals surface area contributed by atoms with Crippen molar-refractivity contribution in [3.05, 3.63) is 88.9 Å². The fourth-order valence-corrected chi connectivity index (χ4v) is 5.76. The predicted octanol–water partition coefficient (Wildman–Crippen LogP) is 4.35. The number of nitrogens with zero attached hydrogens (tertiary/aromatic N) is 7. The van der Waals surface area contributed by atoms with Gasteiger partial charge >= 0.3 is 0 Å². The Hall–Kier alpha value is -4.26. The first-order valence-electron chi connectivity index (χ1n) is 13.4. The topological polar surface area (TPSA) is 145 Å². The number of piperidine rings is 1. The summed E-state index contributed by atoms with van der Waals surface area (Å²) in [7, 11) is 0. The van der Waals surface area contributed by atoms with Crippen LogP contribution in [0.15, 0.2) is 55.2 Å². The first kappa shape index (κ1) is 27.9. The molecule has 42 heavy (non-hydrogen) atoms. The number of pyridine rings is 2. The van der Waals surface area contributed by atoms with Crippen molar-refractivity contribution < 1.29 is 13.9 Å². The molecule has 5 heterocycles. The molecule has 216 valence electrons. The summed E-state index contributed by atoms with van der Waals surface area (Å²) in [5.41, 5.74) is 16.9. The molecule has 10 nitrogen and oxygen atoms in total. The highest BCUT2D eigenvalue weighted by Gasteiger charge is 2.36. The molecule has 1 aliphatic heterocycles. The number of rotatable bonds is 6. The fraction of sp³-hybridized carbons (Fsp3) is 0.276. The van der Waals surface area contributed by atoms with E-state index in [1.54, 1.807) is 25.5 Å². The van der Waals surface area contributed by atoms with Gasteiger partial charge in [0.15, 0.2) is 23.1 Å². The van der Waals surface area contributed by atoms with E-state index in [0.29, 0.717) is 59.7 Å². The third-order valence-corrected chi connectivity index (χ3v) is 7.96. The van der Waals surface area contributed by atoms with E-state index >= 15 is 0 Å². The van der Waals surface area contributed by atoms with Crippen LogP contribution in [0.25, 0.3) is 22.4 Å². The molecule has 1 unspecified atom stereocenters.